The monoisotopic (exact) mass is 628 g/mol. The largest absolute Gasteiger partial charge is 0.310 e. The molecule has 0 saturated carbocycles. The Morgan fingerprint density at radius 3 is 2.10 bits per heavy atom. The highest BCUT2D eigenvalue weighted by molar-refractivity contribution is 6.11. The number of nitrogens with zero attached hydrogens (tertiary/aromatic N) is 4. The number of aromatic nitrogens is 2. The number of aliphatic imine (C=N–C) groups is 1. The quantitative estimate of drug-likeness (QED) is 0.184. The molecule has 0 spiro atoms. The van der Waals surface area contributed by atoms with Gasteiger partial charge in [-0.3, -0.25) is 9.98 Å². The Bertz CT molecular complexity index is 2440. The summed E-state index contributed by atoms with van der Waals surface area (Å²) in [6, 6.07) is 49.3. The lowest BCUT2D eigenvalue weighted by atomic mass is 9.91. The van der Waals surface area contributed by atoms with E-state index in [2.05, 4.69) is 168 Å². The number of rotatable bonds is 6. The van der Waals surface area contributed by atoms with Gasteiger partial charge in [-0.25, -0.2) is 4.98 Å². The van der Waals surface area contributed by atoms with E-state index in [1.54, 1.807) is 0 Å². The third-order valence-corrected chi connectivity index (χ3v) is 9.37. The highest BCUT2D eigenvalue weighted by Crippen LogP contribution is 2.38. The van der Waals surface area contributed by atoms with Gasteiger partial charge in [-0.2, -0.15) is 0 Å². The lowest BCUT2D eigenvalue weighted by molar-refractivity contribution is 0.680. The third-order valence-electron chi connectivity index (χ3n) is 9.37. The number of fused-ring (bicyclic) bond motifs is 3. The molecular weight excluding hydrogens is 597 g/mol. The van der Waals surface area contributed by atoms with Crippen LogP contribution in [0.4, 0.5) is 17.1 Å². The van der Waals surface area contributed by atoms with E-state index >= 15 is 0 Å². The minimum absolute atomic E-state index is 0.175. The van der Waals surface area contributed by atoms with Crippen molar-refractivity contribution in [3.8, 4) is 22.4 Å². The zero-order valence-electron chi connectivity index (χ0n) is 26.8. The summed E-state index contributed by atoms with van der Waals surface area (Å²) in [5.41, 5.74) is 11.4. The van der Waals surface area contributed by atoms with Crippen LogP contribution in [0, 0.1) is 5.92 Å². The lowest BCUT2D eigenvalue weighted by Crippen LogP contribution is -2.20. The number of benzene rings is 5. The van der Waals surface area contributed by atoms with Crippen LogP contribution < -0.4 is 4.90 Å². The van der Waals surface area contributed by atoms with E-state index in [1.165, 1.54) is 10.8 Å². The molecule has 49 heavy (non-hydrogen) atoms. The maximum absolute atomic E-state index is 5.05. The molecule has 0 bridgehead atoms. The first-order valence-corrected chi connectivity index (χ1v) is 16.7. The van der Waals surface area contributed by atoms with Gasteiger partial charge in [-0.05, 0) is 83.1 Å². The second kappa shape index (κ2) is 12.3. The van der Waals surface area contributed by atoms with Crippen molar-refractivity contribution in [3.63, 3.8) is 0 Å². The Morgan fingerprint density at radius 2 is 1.24 bits per heavy atom. The molecule has 0 radical (unpaired) electrons. The molecule has 2 aliphatic rings. The van der Waals surface area contributed by atoms with E-state index in [4.69, 9.17) is 9.98 Å². The first kappa shape index (κ1) is 28.8. The third kappa shape index (κ3) is 5.53. The molecule has 2 unspecified atom stereocenters. The summed E-state index contributed by atoms with van der Waals surface area (Å²) in [6.45, 7) is 0. The summed E-state index contributed by atoms with van der Waals surface area (Å²) in [4.78, 5) is 17.1. The van der Waals surface area contributed by atoms with Crippen molar-refractivity contribution in [2.45, 2.75) is 6.04 Å². The summed E-state index contributed by atoms with van der Waals surface area (Å²) >= 11 is 0. The summed E-state index contributed by atoms with van der Waals surface area (Å²) in [5.74, 6) is 0.350. The molecule has 2 aromatic heterocycles. The van der Waals surface area contributed by atoms with E-state index in [0.29, 0.717) is 5.92 Å². The molecule has 0 saturated heterocycles. The van der Waals surface area contributed by atoms with Gasteiger partial charge in [0.25, 0.3) is 0 Å². The molecule has 7 aromatic rings. The molecule has 0 N–H and O–H groups in total. The van der Waals surface area contributed by atoms with Crippen molar-refractivity contribution in [1.29, 1.82) is 0 Å². The number of anilines is 3. The number of hydrogen-bond acceptors (Lipinski definition) is 4. The molecular formula is C45H32N4. The zero-order valence-corrected chi connectivity index (χ0v) is 26.8. The standard InChI is InChI=1S/C45H32N4/c1-3-10-31(11-4-1)40-30-44(48-43-16-9-27-46-45(40)43)33-19-23-38(24-20-33)49(37-13-5-2-6-14-37)39-25-21-34-28-36(18-17-35(34)29-39)42-26-22-32-12-7-8-15-41(32)47-42/h1-30,32,41H. The summed E-state index contributed by atoms with van der Waals surface area (Å²) in [6.07, 6.45) is 14.9. The number of allylic oxidation sites excluding steroid dienone is 3. The van der Waals surface area contributed by atoms with Crippen LogP contribution in [-0.2, 0) is 0 Å². The van der Waals surface area contributed by atoms with Crippen molar-refractivity contribution in [2.75, 3.05) is 4.90 Å². The highest BCUT2D eigenvalue weighted by Gasteiger charge is 2.20. The normalized spacial score (nSPS) is 16.4. The molecule has 0 amide bonds. The first-order chi connectivity index (χ1) is 24.3. The van der Waals surface area contributed by atoms with E-state index in [-0.39, 0.29) is 6.04 Å². The number of pyridine rings is 2. The molecule has 5 aromatic carbocycles. The first-order valence-electron chi connectivity index (χ1n) is 16.7. The van der Waals surface area contributed by atoms with Crippen LogP contribution in [0.25, 0.3) is 44.2 Å². The molecule has 4 heteroatoms. The predicted molar refractivity (Wildman–Crippen MR) is 204 cm³/mol. The Balaban J connectivity index is 1.07. The van der Waals surface area contributed by atoms with Gasteiger partial charge in [0.15, 0.2) is 0 Å². The fourth-order valence-corrected chi connectivity index (χ4v) is 6.88. The van der Waals surface area contributed by atoms with Crippen LogP contribution in [0.1, 0.15) is 5.56 Å². The average molecular weight is 629 g/mol. The maximum Gasteiger partial charge on any atom is 0.0965 e. The number of dihydropyridines is 1. The van der Waals surface area contributed by atoms with E-state index in [1.807, 2.05) is 24.4 Å². The maximum atomic E-state index is 5.05. The van der Waals surface area contributed by atoms with Gasteiger partial charge in [0.1, 0.15) is 0 Å². The van der Waals surface area contributed by atoms with Gasteiger partial charge in [0.2, 0.25) is 0 Å². The number of hydrogen-bond donors (Lipinski definition) is 0. The molecule has 1 aliphatic carbocycles. The van der Waals surface area contributed by atoms with Crippen molar-refractivity contribution in [3.05, 3.63) is 188 Å². The van der Waals surface area contributed by atoms with Gasteiger partial charge < -0.3 is 4.90 Å². The Kier molecular flexibility index (Phi) is 7.25. The molecule has 1 aliphatic heterocycles. The van der Waals surface area contributed by atoms with E-state index in [9.17, 15) is 0 Å². The SMILES string of the molecule is C1=CC2C=CC(c3ccc4cc(N(c5ccccc5)c5ccc(-c6cc(-c7ccccc7)c7ncccc7n6)cc5)ccc4c3)=NC2C=C1. The van der Waals surface area contributed by atoms with Gasteiger partial charge >= 0.3 is 0 Å². The second-order valence-electron chi connectivity index (χ2n) is 12.5. The Morgan fingerprint density at radius 1 is 0.531 bits per heavy atom. The smallest absolute Gasteiger partial charge is 0.0965 e. The number of para-hydroxylation sites is 1. The van der Waals surface area contributed by atoms with Gasteiger partial charge in [-0.1, -0.05) is 109 Å². The summed E-state index contributed by atoms with van der Waals surface area (Å²) < 4.78 is 0. The summed E-state index contributed by atoms with van der Waals surface area (Å²) in [5, 5.41) is 2.37. The fraction of sp³-hybridized carbons (Fsp3) is 0.0444. The zero-order chi connectivity index (χ0) is 32.6. The predicted octanol–water partition coefficient (Wildman–Crippen LogP) is 11.1. The second-order valence-corrected chi connectivity index (χ2v) is 12.5. The minimum atomic E-state index is 0.175. The van der Waals surface area contributed by atoms with Crippen LogP contribution in [0.15, 0.2) is 187 Å². The topological polar surface area (TPSA) is 41.4 Å². The molecule has 2 atom stereocenters. The summed E-state index contributed by atoms with van der Waals surface area (Å²) in [7, 11) is 0. The minimum Gasteiger partial charge on any atom is -0.310 e. The van der Waals surface area contributed by atoms with Gasteiger partial charge in [-0.15, -0.1) is 0 Å². The highest BCUT2D eigenvalue weighted by atomic mass is 15.1. The molecule has 9 rings (SSSR count). The fourth-order valence-electron chi connectivity index (χ4n) is 6.88. The lowest BCUT2D eigenvalue weighted by Gasteiger charge is -2.26. The van der Waals surface area contributed by atoms with Crippen molar-refractivity contribution in [2.24, 2.45) is 10.9 Å². The van der Waals surface area contributed by atoms with Crippen LogP contribution in [0.5, 0.6) is 0 Å². The van der Waals surface area contributed by atoms with E-state index < -0.39 is 0 Å². The molecule has 0 fully saturated rings. The van der Waals surface area contributed by atoms with E-state index in [0.717, 1.165) is 61.8 Å². The van der Waals surface area contributed by atoms with Crippen LogP contribution >= 0.6 is 0 Å². The Hall–Kier alpha value is -6.39. The molecule has 4 nitrogen and oxygen atoms in total. The van der Waals surface area contributed by atoms with Crippen molar-refractivity contribution < 1.29 is 0 Å². The van der Waals surface area contributed by atoms with Crippen molar-refractivity contribution >= 4 is 44.6 Å². The molecule has 3 heterocycles. The van der Waals surface area contributed by atoms with Crippen molar-refractivity contribution in [1.82, 2.24) is 9.97 Å². The molecule has 232 valence electrons. The van der Waals surface area contributed by atoms with Crippen LogP contribution in [-0.4, -0.2) is 21.7 Å². The van der Waals surface area contributed by atoms with Gasteiger partial charge in [0, 0.05) is 45.9 Å². The Labute approximate surface area is 285 Å². The van der Waals surface area contributed by atoms with Gasteiger partial charge in [0.05, 0.1) is 28.5 Å². The van der Waals surface area contributed by atoms with Crippen LogP contribution in [0.3, 0.4) is 0 Å². The van der Waals surface area contributed by atoms with Crippen LogP contribution in [0.2, 0.25) is 0 Å². The average Bonchev–Trinajstić information content (AvgIpc) is 3.18.